The molecule has 0 aliphatic heterocycles. The molecule has 2 aromatic carbocycles. The van der Waals surface area contributed by atoms with Crippen molar-refractivity contribution in [2.45, 2.75) is 38.3 Å². The zero-order chi connectivity index (χ0) is 21.5. The highest BCUT2D eigenvalue weighted by Crippen LogP contribution is 2.20. The van der Waals surface area contributed by atoms with Gasteiger partial charge in [0.15, 0.2) is 5.78 Å². The molecule has 0 aliphatic carbocycles. The van der Waals surface area contributed by atoms with Gasteiger partial charge in [-0.25, -0.2) is 9.37 Å². The number of halogens is 1. The van der Waals surface area contributed by atoms with E-state index in [1.165, 1.54) is 6.07 Å². The highest BCUT2D eigenvalue weighted by Gasteiger charge is 2.27. The second-order valence-corrected chi connectivity index (χ2v) is 7.70. The molecule has 0 saturated heterocycles. The summed E-state index contributed by atoms with van der Waals surface area (Å²) in [6.07, 6.45) is 1.81. The van der Waals surface area contributed by atoms with Gasteiger partial charge in [-0.1, -0.05) is 31.5 Å². The molecule has 0 bridgehead atoms. The van der Waals surface area contributed by atoms with E-state index < -0.39 is 6.04 Å². The van der Waals surface area contributed by atoms with Gasteiger partial charge in [0.2, 0.25) is 5.13 Å². The van der Waals surface area contributed by atoms with Crippen LogP contribution in [-0.2, 0) is 6.42 Å². The fourth-order valence-electron chi connectivity index (χ4n) is 3.13. The minimum atomic E-state index is -0.646. The van der Waals surface area contributed by atoms with E-state index in [1.807, 2.05) is 6.92 Å². The predicted molar refractivity (Wildman–Crippen MR) is 117 cm³/mol. The van der Waals surface area contributed by atoms with Crippen LogP contribution in [0.3, 0.4) is 0 Å². The van der Waals surface area contributed by atoms with Crippen molar-refractivity contribution in [1.82, 2.24) is 9.36 Å². The topological polar surface area (TPSA) is 90.1 Å². The van der Waals surface area contributed by atoms with Crippen LogP contribution in [0.5, 0.6) is 5.75 Å². The summed E-state index contributed by atoms with van der Waals surface area (Å²) in [5.41, 5.74) is 7.38. The van der Waals surface area contributed by atoms with Crippen molar-refractivity contribution >= 4 is 22.4 Å². The highest BCUT2D eigenvalue weighted by molar-refractivity contribution is 7.09. The number of nitrogens with zero attached hydrogens (tertiary/aromatic N) is 2. The molecular formula is C22H25FN4O2S. The molecule has 3 aromatic rings. The summed E-state index contributed by atoms with van der Waals surface area (Å²) in [7, 11) is 1.58. The third-order valence-electron chi connectivity index (χ3n) is 4.76. The second-order valence-electron chi connectivity index (χ2n) is 6.95. The second kappa shape index (κ2) is 10.3. The van der Waals surface area contributed by atoms with Crippen LogP contribution in [0.15, 0.2) is 48.5 Å². The number of anilines is 1. The molecule has 6 nitrogen and oxygen atoms in total. The SMILES string of the molecule is CCCC(N)C(Nc1nc(Cc2ccccc2F)ns1)C(=O)c1ccc(OC)cc1. The molecule has 8 heteroatoms. The number of carbonyl (C=O) groups is 1. The van der Waals surface area contributed by atoms with Crippen molar-refractivity contribution in [2.75, 3.05) is 12.4 Å². The first-order valence-electron chi connectivity index (χ1n) is 9.78. The number of methoxy groups -OCH3 is 1. The maximum Gasteiger partial charge on any atom is 0.203 e. The van der Waals surface area contributed by atoms with Gasteiger partial charge in [0.05, 0.1) is 7.11 Å². The number of aromatic nitrogens is 2. The van der Waals surface area contributed by atoms with Crippen LogP contribution >= 0.6 is 11.5 Å². The molecule has 0 saturated carbocycles. The molecule has 0 aliphatic rings. The summed E-state index contributed by atoms with van der Waals surface area (Å²) in [5.74, 6) is 0.756. The molecule has 0 radical (unpaired) electrons. The maximum absolute atomic E-state index is 13.9. The Hall–Kier alpha value is -2.84. The van der Waals surface area contributed by atoms with Gasteiger partial charge in [-0.3, -0.25) is 4.79 Å². The number of nitrogens with two attached hydrogens (primary N) is 1. The van der Waals surface area contributed by atoms with E-state index in [0.29, 0.717) is 34.3 Å². The molecular weight excluding hydrogens is 403 g/mol. The average Bonchev–Trinajstić information content (AvgIpc) is 3.20. The summed E-state index contributed by atoms with van der Waals surface area (Å²) in [5, 5.41) is 3.64. The first-order valence-corrected chi connectivity index (χ1v) is 10.6. The van der Waals surface area contributed by atoms with Crippen LogP contribution in [0.1, 0.15) is 41.5 Å². The van der Waals surface area contributed by atoms with E-state index in [-0.39, 0.29) is 24.1 Å². The Bertz CT molecular complexity index is 977. The molecule has 0 fully saturated rings. The Morgan fingerprint density at radius 1 is 1.23 bits per heavy atom. The summed E-state index contributed by atoms with van der Waals surface area (Å²) >= 11 is 1.13. The van der Waals surface area contributed by atoms with E-state index in [1.54, 1.807) is 49.6 Å². The number of ketones is 1. The molecule has 158 valence electrons. The van der Waals surface area contributed by atoms with Crippen molar-refractivity contribution in [1.29, 1.82) is 0 Å². The Kier molecular flexibility index (Phi) is 7.48. The van der Waals surface area contributed by atoms with Crippen molar-refractivity contribution < 1.29 is 13.9 Å². The van der Waals surface area contributed by atoms with Crippen LogP contribution in [0.2, 0.25) is 0 Å². The largest absolute Gasteiger partial charge is 0.497 e. The van der Waals surface area contributed by atoms with Crippen molar-refractivity contribution in [3.8, 4) is 5.75 Å². The van der Waals surface area contributed by atoms with Gasteiger partial charge in [0, 0.05) is 29.6 Å². The van der Waals surface area contributed by atoms with E-state index in [4.69, 9.17) is 10.5 Å². The van der Waals surface area contributed by atoms with E-state index >= 15 is 0 Å². The zero-order valence-corrected chi connectivity index (χ0v) is 17.8. The number of rotatable bonds is 10. The first-order chi connectivity index (χ1) is 14.5. The molecule has 3 N–H and O–H groups in total. The van der Waals surface area contributed by atoms with Crippen molar-refractivity contribution in [2.24, 2.45) is 5.73 Å². The van der Waals surface area contributed by atoms with Gasteiger partial charge in [-0.15, -0.1) is 0 Å². The van der Waals surface area contributed by atoms with Gasteiger partial charge < -0.3 is 15.8 Å². The minimum Gasteiger partial charge on any atom is -0.497 e. The van der Waals surface area contributed by atoms with Crippen molar-refractivity contribution in [3.05, 3.63) is 71.3 Å². The number of Topliss-reactive ketones (excluding diaryl/α,β-unsaturated/α-hetero) is 1. The van der Waals surface area contributed by atoms with Gasteiger partial charge in [-0.05, 0) is 42.3 Å². The van der Waals surface area contributed by atoms with Gasteiger partial charge >= 0.3 is 0 Å². The van der Waals surface area contributed by atoms with Crippen LogP contribution in [0.4, 0.5) is 9.52 Å². The predicted octanol–water partition coefficient (Wildman–Crippen LogP) is 4.07. The number of benzene rings is 2. The smallest absolute Gasteiger partial charge is 0.203 e. The molecule has 2 atom stereocenters. The fraction of sp³-hybridized carbons (Fsp3) is 0.318. The lowest BCUT2D eigenvalue weighted by atomic mass is 9.95. The molecule has 2 unspecified atom stereocenters. The lowest BCUT2D eigenvalue weighted by molar-refractivity contribution is 0.0957. The Morgan fingerprint density at radius 3 is 2.63 bits per heavy atom. The van der Waals surface area contributed by atoms with E-state index in [9.17, 15) is 9.18 Å². The maximum atomic E-state index is 13.9. The number of hydrogen-bond acceptors (Lipinski definition) is 7. The molecule has 1 aromatic heterocycles. The first kappa shape index (κ1) is 21.9. The molecule has 3 rings (SSSR count). The van der Waals surface area contributed by atoms with E-state index in [2.05, 4.69) is 14.7 Å². The van der Waals surface area contributed by atoms with Gasteiger partial charge in [0.25, 0.3) is 0 Å². The van der Waals surface area contributed by atoms with E-state index in [0.717, 1.165) is 18.0 Å². The average molecular weight is 429 g/mol. The normalized spacial score (nSPS) is 12.9. The van der Waals surface area contributed by atoms with Gasteiger partial charge in [0.1, 0.15) is 23.4 Å². The number of nitrogens with one attached hydrogen (secondary N) is 1. The molecule has 0 amide bonds. The third-order valence-corrected chi connectivity index (χ3v) is 5.44. The van der Waals surface area contributed by atoms with Crippen LogP contribution in [0, 0.1) is 5.82 Å². The highest BCUT2D eigenvalue weighted by atomic mass is 32.1. The van der Waals surface area contributed by atoms with Crippen molar-refractivity contribution in [3.63, 3.8) is 0 Å². The Balaban J connectivity index is 1.77. The standard InChI is InChI=1S/C22H25FN4O2S/c1-3-6-18(24)20(21(28)14-9-11-16(29-2)12-10-14)26-22-25-19(27-30-22)13-15-7-4-5-8-17(15)23/h4-5,7-12,18,20H,3,6,13,24H2,1-2H3,(H,25,26,27). The lowest BCUT2D eigenvalue weighted by Crippen LogP contribution is -2.46. The lowest BCUT2D eigenvalue weighted by Gasteiger charge is -2.23. The summed E-state index contributed by atoms with van der Waals surface area (Å²) in [4.78, 5) is 17.6. The summed E-state index contributed by atoms with van der Waals surface area (Å²) in [6, 6.07) is 12.4. The molecule has 0 spiro atoms. The number of carbonyl (C=O) groups excluding carboxylic acids is 1. The number of ether oxygens (including phenoxy) is 1. The monoisotopic (exact) mass is 428 g/mol. The Morgan fingerprint density at radius 2 is 1.97 bits per heavy atom. The fourth-order valence-corrected chi connectivity index (χ4v) is 3.75. The third kappa shape index (κ3) is 5.40. The number of hydrogen-bond donors (Lipinski definition) is 2. The summed E-state index contributed by atoms with van der Waals surface area (Å²) in [6.45, 7) is 2.02. The molecule has 1 heterocycles. The van der Waals surface area contributed by atoms with Crippen LogP contribution in [0.25, 0.3) is 0 Å². The van der Waals surface area contributed by atoms with Crippen LogP contribution in [-0.4, -0.2) is 34.3 Å². The van der Waals surface area contributed by atoms with Crippen LogP contribution < -0.4 is 15.8 Å². The molecule has 30 heavy (non-hydrogen) atoms. The minimum absolute atomic E-state index is 0.121. The quantitative estimate of drug-likeness (QED) is 0.473. The van der Waals surface area contributed by atoms with Gasteiger partial charge in [-0.2, -0.15) is 4.37 Å². The Labute approximate surface area is 179 Å². The zero-order valence-electron chi connectivity index (χ0n) is 17.0. The summed E-state index contributed by atoms with van der Waals surface area (Å²) < 4.78 is 23.3.